The predicted octanol–water partition coefficient (Wildman–Crippen LogP) is 4.39. The van der Waals surface area contributed by atoms with Gasteiger partial charge in [0.1, 0.15) is 5.75 Å². The molecule has 0 saturated heterocycles. The average molecular weight is 376 g/mol. The zero-order chi connectivity index (χ0) is 19.9. The summed E-state index contributed by atoms with van der Waals surface area (Å²) in [7, 11) is 0. The van der Waals surface area contributed by atoms with Crippen molar-refractivity contribution in [1.82, 2.24) is 5.32 Å². The molecule has 144 valence electrons. The lowest BCUT2D eigenvalue weighted by atomic mass is 10.1. The number of para-hydroxylation sites is 1. The predicted molar refractivity (Wildman–Crippen MR) is 112 cm³/mol. The molecule has 0 aromatic heterocycles. The number of nitrogens with one attached hydrogen (secondary N) is 2. The van der Waals surface area contributed by atoms with Gasteiger partial charge in [-0.05, 0) is 48.4 Å². The number of hydrogen-bond donors (Lipinski definition) is 2. The standard InChI is InChI=1S/C23H24N2O3/c1-3-16(2)24-23(27)20-10-6-7-11-21(20)25-22(26)15-28-19-13-12-17-8-4-5-9-18(17)14-19/h4-14,16H,3,15H2,1-2H3,(H,24,27)(H,25,26)/t16-/m0/s1. The van der Waals surface area contributed by atoms with Crippen LogP contribution in [0.5, 0.6) is 5.75 Å². The summed E-state index contributed by atoms with van der Waals surface area (Å²) < 4.78 is 5.62. The van der Waals surface area contributed by atoms with Crippen LogP contribution in [0.25, 0.3) is 10.8 Å². The third-order valence-electron chi connectivity index (χ3n) is 4.53. The Balaban J connectivity index is 1.63. The molecule has 2 amide bonds. The molecule has 0 aliphatic carbocycles. The summed E-state index contributed by atoms with van der Waals surface area (Å²) in [6, 6.07) is 20.7. The van der Waals surface area contributed by atoms with Gasteiger partial charge in [0, 0.05) is 6.04 Å². The molecular formula is C23H24N2O3. The van der Waals surface area contributed by atoms with Crippen molar-refractivity contribution in [2.24, 2.45) is 0 Å². The lowest BCUT2D eigenvalue weighted by Gasteiger charge is -2.15. The molecule has 0 aliphatic rings. The normalized spacial score (nSPS) is 11.6. The van der Waals surface area contributed by atoms with Crippen LogP contribution < -0.4 is 15.4 Å². The van der Waals surface area contributed by atoms with Crippen molar-refractivity contribution in [1.29, 1.82) is 0 Å². The second-order valence-electron chi connectivity index (χ2n) is 6.67. The Kier molecular flexibility index (Phi) is 6.27. The zero-order valence-corrected chi connectivity index (χ0v) is 16.1. The van der Waals surface area contributed by atoms with Crippen LogP contribution in [0.4, 0.5) is 5.69 Å². The number of benzene rings is 3. The number of carbonyl (C=O) groups is 2. The van der Waals surface area contributed by atoms with Crippen molar-refractivity contribution >= 4 is 28.3 Å². The molecule has 0 aliphatic heterocycles. The summed E-state index contributed by atoms with van der Waals surface area (Å²) in [5.74, 6) is 0.0919. The first-order valence-corrected chi connectivity index (χ1v) is 9.38. The Labute approximate surface area is 164 Å². The molecule has 1 atom stereocenters. The van der Waals surface area contributed by atoms with Crippen LogP contribution in [0, 0.1) is 0 Å². The molecule has 0 fully saturated rings. The lowest BCUT2D eigenvalue weighted by molar-refractivity contribution is -0.118. The molecule has 0 heterocycles. The van der Waals surface area contributed by atoms with Crippen LogP contribution in [-0.4, -0.2) is 24.5 Å². The topological polar surface area (TPSA) is 67.4 Å². The minimum Gasteiger partial charge on any atom is -0.484 e. The van der Waals surface area contributed by atoms with Crippen molar-refractivity contribution in [2.45, 2.75) is 26.3 Å². The van der Waals surface area contributed by atoms with Gasteiger partial charge in [0.15, 0.2) is 6.61 Å². The summed E-state index contributed by atoms with van der Waals surface area (Å²) in [6.07, 6.45) is 0.833. The maximum Gasteiger partial charge on any atom is 0.262 e. The average Bonchev–Trinajstić information content (AvgIpc) is 2.72. The van der Waals surface area contributed by atoms with Gasteiger partial charge in [-0.3, -0.25) is 9.59 Å². The van der Waals surface area contributed by atoms with Gasteiger partial charge in [0.05, 0.1) is 11.3 Å². The van der Waals surface area contributed by atoms with Crippen LogP contribution in [-0.2, 0) is 4.79 Å². The molecule has 3 rings (SSSR count). The summed E-state index contributed by atoms with van der Waals surface area (Å²) in [6.45, 7) is 3.80. The summed E-state index contributed by atoms with van der Waals surface area (Å²) >= 11 is 0. The van der Waals surface area contributed by atoms with E-state index < -0.39 is 0 Å². The smallest absolute Gasteiger partial charge is 0.262 e. The number of hydrogen-bond acceptors (Lipinski definition) is 3. The van der Waals surface area contributed by atoms with Gasteiger partial charge in [-0.25, -0.2) is 0 Å². The quantitative estimate of drug-likeness (QED) is 0.643. The van der Waals surface area contributed by atoms with Crippen molar-refractivity contribution in [3.63, 3.8) is 0 Å². The molecule has 0 saturated carbocycles. The van der Waals surface area contributed by atoms with E-state index in [-0.39, 0.29) is 24.5 Å². The van der Waals surface area contributed by atoms with Crippen LogP contribution in [0.3, 0.4) is 0 Å². The third-order valence-corrected chi connectivity index (χ3v) is 4.53. The second-order valence-corrected chi connectivity index (χ2v) is 6.67. The SMILES string of the molecule is CC[C@H](C)NC(=O)c1ccccc1NC(=O)COc1ccc2ccccc2c1. The summed E-state index contributed by atoms with van der Waals surface area (Å²) in [5.41, 5.74) is 0.900. The third kappa shape index (κ3) is 4.88. The second kappa shape index (κ2) is 9.04. The molecule has 0 spiro atoms. The van der Waals surface area contributed by atoms with Gasteiger partial charge in [-0.2, -0.15) is 0 Å². The fraction of sp³-hybridized carbons (Fsp3) is 0.217. The highest BCUT2D eigenvalue weighted by atomic mass is 16.5. The first kappa shape index (κ1) is 19.4. The number of carbonyl (C=O) groups excluding carboxylic acids is 2. The maximum absolute atomic E-state index is 12.4. The Morgan fingerprint density at radius 3 is 2.46 bits per heavy atom. The van der Waals surface area contributed by atoms with Gasteiger partial charge < -0.3 is 15.4 Å². The van der Waals surface area contributed by atoms with Gasteiger partial charge in [-0.1, -0.05) is 49.4 Å². The summed E-state index contributed by atoms with van der Waals surface area (Å²) in [5, 5.41) is 7.84. The van der Waals surface area contributed by atoms with E-state index in [1.807, 2.05) is 56.3 Å². The van der Waals surface area contributed by atoms with Gasteiger partial charge in [-0.15, -0.1) is 0 Å². The van der Waals surface area contributed by atoms with Crippen LogP contribution >= 0.6 is 0 Å². The highest BCUT2D eigenvalue weighted by Gasteiger charge is 2.14. The van der Waals surface area contributed by atoms with Crippen molar-refractivity contribution < 1.29 is 14.3 Å². The van der Waals surface area contributed by atoms with E-state index in [0.717, 1.165) is 17.2 Å². The number of anilines is 1. The Hall–Kier alpha value is -3.34. The van der Waals surface area contributed by atoms with E-state index in [1.165, 1.54) is 0 Å². The van der Waals surface area contributed by atoms with Crippen LogP contribution in [0.15, 0.2) is 66.7 Å². The Morgan fingerprint density at radius 2 is 1.68 bits per heavy atom. The molecule has 3 aromatic rings. The highest BCUT2D eigenvalue weighted by molar-refractivity contribution is 6.04. The minimum atomic E-state index is -0.322. The van der Waals surface area contributed by atoms with Crippen molar-refractivity contribution in [2.75, 3.05) is 11.9 Å². The molecule has 0 radical (unpaired) electrons. The first-order chi connectivity index (χ1) is 13.6. The fourth-order valence-corrected chi connectivity index (χ4v) is 2.79. The van der Waals surface area contributed by atoms with Gasteiger partial charge in [0.2, 0.25) is 0 Å². The lowest BCUT2D eigenvalue weighted by Crippen LogP contribution is -2.33. The fourth-order valence-electron chi connectivity index (χ4n) is 2.79. The van der Waals surface area contributed by atoms with E-state index in [4.69, 9.17) is 4.74 Å². The van der Waals surface area contributed by atoms with Crippen LogP contribution in [0.2, 0.25) is 0 Å². The molecule has 3 aromatic carbocycles. The van der Waals surface area contributed by atoms with Crippen molar-refractivity contribution in [3.8, 4) is 5.75 Å². The molecule has 0 unspecified atom stereocenters. The Bertz CT molecular complexity index is 984. The first-order valence-electron chi connectivity index (χ1n) is 9.38. The van der Waals surface area contributed by atoms with Gasteiger partial charge in [0.25, 0.3) is 11.8 Å². The Morgan fingerprint density at radius 1 is 0.964 bits per heavy atom. The largest absolute Gasteiger partial charge is 0.484 e. The van der Waals surface area contributed by atoms with E-state index in [2.05, 4.69) is 10.6 Å². The molecule has 5 heteroatoms. The maximum atomic E-state index is 12.4. The van der Waals surface area contributed by atoms with Crippen molar-refractivity contribution in [3.05, 3.63) is 72.3 Å². The number of amides is 2. The van der Waals surface area contributed by atoms with Crippen LogP contribution in [0.1, 0.15) is 30.6 Å². The molecule has 0 bridgehead atoms. The zero-order valence-electron chi connectivity index (χ0n) is 16.1. The number of ether oxygens (including phenoxy) is 1. The number of rotatable bonds is 7. The molecule has 5 nitrogen and oxygen atoms in total. The highest BCUT2D eigenvalue weighted by Crippen LogP contribution is 2.21. The monoisotopic (exact) mass is 376 g/mol. The number of fused-ring (bicyclic) bond motifs is 1. The molecule has 2 N–H and O–H groups in total. The summed E-state index contributed by atoms with van der Waals surface area (Å²) in [4.78, 5) is 24.8. The molecule has 28 heavy (non-hydrogen) atoms. The molecular weight excluding hydrogens is 352 g/mol. The van der Waals surface area contributed by atoms with E-state index >= 15 is 0 Å². The van der Waals surface area contributed by atoms with E-state index in [0.29, 0.717) is 17.0 Å². The van der Waals surface area contributed by atoms with Gasteiger partial charge >= 0.3 is 0 Å². The minimum absolute atomic E-state index is 0.0625. The van der Waals surface area contributed by atoms with E-state index in [1.54, 1.807) is 24.3 Å². The van der Waals surface area contributed by atoms with E-state index in [9.17, 15) is 9.59 Å².